The average molecular weight is 351 g/mol. The maximum Gasteiger partial charge on any atom is 0.161 e. The Morgan fingerprint density at radius 3 is 2.15 bits per heavy atom. The number of rotatable bonds is 4. The van der Waals surface area contributed by atoms with Gasteiger partial charge in [0.25, 0.3) is 0 Å². The van der Waals surface area contributed by atoms with Gasteiger partial charge >= 0.3 is 0 Å². The number of ether oxygens (including phenoxy) is 2. The zero-order valence-electron chi connectivity index (χ0n) is 16.7. The molecule has 3 rings (SSSR count). The monoisotopic (exact) mass is 351 g/mol. The van der Waals surface area contributed by atoms with E-state index in [2.05, 4.69) is 81.3 Å². The fourth-order valence-corrected chi connectivity index (χ4v) is 3.41. The van der Waals surface area contributed by atoms with Crippen molar-refractivity contribution in [2.45, 2.75) is 45.7 Å². The van der Waals surface area contributed by atoms with Gasteiger partial charge in [0, 0.05) is 12.7 Å². The zero-order valence-corrected chi connectivity index (χ0v) is 16.7. The van der Waals surface area contributed by atoms with E-state index in [0.29, 0.717) is 0 Å². The molecule has 0 amide bonds. The molecular weight excluding hydrogens is 322 g/mol. The van der Waals surface area contributed by atoms with Gasteiger partial charge in [-0.15, -0.1) is 0 Å². The molecule has 26 heavy (non-hydrogen) atoms. The van der Waals surface area contributed by atoms with Gasteiger partial charge in [-0.1, -0.05) is 45.0 Å². The van der Waals surface area contributed by atoms with Crippen molar-refractivity contribution in [2.75, 3.05) is 14.2 Å². The van der Waals surface area contributed by atoms with Gasteiger partial charge in [0.15, 0.2) is 11.5 Å². The maximum absolute atomic E-state index is 5.48. The standard InChI is InChI=1S/C23H29NO2/c1-16-20-14-22(26-6)21(25-5)13-18(20)11-12-24(16)15-17-7-9-19(10-8-17)23(2,3)4/h7-14,16H,15H2,1-6H3. The molecule has 2 aromatic carbocycles. The fraction of sp³-hybridized carbons (Fsp3) is 0.391. The van der Waals surface area contributed by atoms with Gasteiger partial charge in [0.1, 0.15) is 0 Å². The summed E-state index contributed by atoms with van der Waals surface area (Å²) in [4.78, 5) is 2.36. The fourth-order valence-electron chi connectivity index (χ4n) is 3.41. The molecule has 0 fully saturated rings. The van der Waals surface area contributed by atoms with Crippen LogP contribution in [0.25, 0.3) is 6.08 Å². The minimum absolute atomic E-state index is 0.186. The quantitative estimate of drug-likeness (QED) is 0.721. The zero-order chi connectivity index (χ0) is 18.9. The van der Waals surface area contributed by atoms with E-state index >= 15 is 0 Å². The molecule has 1 aliphatic rings. The molecule has 1 heterocycles. The van der Waals surface area contributed by atoms with E-state index in [1.54, 1.807) is 14.2 Å². The van der Waals surface area contributed by atoms with Crippen molar-refractivity contribution in [3.63, 3.8) is 0 Å². The molecule has 2 aromatic rings. The summed E-state index contributed by atoms with van der Waals surface area (Å²) in [5, 5.41) is 0. The highest BCUT2D eigenvalue weighted by molar-refractivity contribution is 5.62. The molecule has 0 saturated carbocycles. The molecule has 0 N–H and O–H groups in total. The summed E-state index contributed by atoms with van der Waals surface area (Å²) in [5.41, 5.74) is 5.32. The first-order valence-electron chi connectivity index (χ1n) is 9.13. The molecule has 3 heteroatoms. The van der Waals surface area contributed by atoms with Crippen molar-refractivity contribution < 1.29 is 9.47 Å². The molecule has 0 radical (unpaired) electrons. The second kappa shape index (κ2) is 7.06. The molecule has 138 valence electrons. The lowest BCUT2D eigenvalue weighted by atomic mass is 9.86. The number of nitrogens with zero attached hydrogens (tertiary/aromatic N) is 1. The maximum atomic E-state index is 5.48. The number of hydrogen-bond donors (Lipinski definition) is 0. The van der Waals surface area contributed by atoms with Gasteiger partial charge in [-0.3, -0.25) is 0 Å². The normalized spacial score (nSPS) is 16.4. The lowest BCUT2D eigenvalue weighted by Gasteiger charge is -2.33. The Bertz CT molecular complexity index is 800. The lowest BCUT2D eigenvalue weighted by Crippen LogP contribution is -2.24. The van der Waals surface area contributed by atoms with E-state index < -0.39 is 0 Å². The summed E-state index contributed by atoms with van der Waals surface area (Å²) in [6.45, 7) is 9.86. The van der Waals surface area contributed by atoms with E-state index in [0.717, 1.165) is 18.0 Å². The van der Waals surface area contributed by atoms with E-state index in [-0.39, 0.29) is 11.5 Å². The van der Waals surface area contributed by atoms with Gasteiger partial charge in [0.2, 0.25) is 0 Å². The van der Waals surface area contributed by atoms with Crippen LogP contribution in [0.2, 0.25) is 0 Å². The third-order valence-electron chi connectivity index (χ3n) is 5.17. The summed E-state index contributed by atoms with van der Waals surface area (Å²) >= 11 is 0. The topological polar surface area (TPSA) is 21.7 Å². The predicted molar refractivity (Wildman–Crippen MR) is 108 cm³/mol. The first kappa shape index (κ1) is 18.4. The molecule has 0 spiro atoms. The summed E-state index contributed by atoms with van der Waals surface area (Å²) < 4.78 is 10.9. The van der Waals surface area contributed by atoms with Crippen LogP contribution < -0.4 is 9.47 Å². The van der Waals surface area contributed by atoms with Crippen LogP contribution in [0.1, 0.15) is 56.0 Å². The van der Waals surface area contributed by atoms with Crippen LogP contribution in [-0.4, -0.2) is 19.1 Å². The van der Waals surface area contributed by atoms with Gasteiger partial charge in [0.05, 0.1) is 20.3 Å². The molecule has 0 aromatic heterocycles. The molecule has 0 saturated heterocycles. The highest BCUT2D eigenvalue weighted by Gasteiger charge is 2.22. The number of methoxy groups -OCH3 is 2. The second-order valence-electron chi connectivity index (χ2n) is 7.95. The Balaban J connectivity index is 1.82. The van der Waals surface area contributed by atoms with Gasteiger partial charge in [-0.25, -0.2) is 0 Å². The van der Waals surface area contributed by atoms with Crippen molar-refractivity contribution in [1.82, 2.24) is 4.90 Å². The smallest absolute Gasteiger partial charge is 0.161 e. The molecule has 0 aliphatic carbocycles. The Labute approximate surface area is 157 Å². The van der Waals surface area contributed by atoms with Gasteiger partial charge < -0.3 is 14.4 Å². The Morgan fingerprint density at radius 1 is 0.962 bits per heavy atom. The first-order valence-corrected chi connectivity index (χ1v) is 9.13. The van der Waals surface area contributed by atoms with E-state index in [4.69, 9.17) is 9.47 Å². The molecule has 1 aliphatic heterocycles. The van der Waals surface area contributed by atoms with E-state index in [9.17, 15) is 0 Å². The predicted octanol–water partition coefficient (Wildman–Crippen LogP) is 5.55. The van der Waals surface area contributed by atoms with Crippen LogP contribution in [0, 0.1) is 0 Å². The first-order chi connectivity index (χ1) is 12.3. The van der Waals surface area contributed by atoms with Crippen molar-refractivity contribution in [3.05, 3.63) is 64.9 Å². The van der Waals surface area contributed by atoms with Crippen molar-refractivity contribution in [3.8, 4) is 11.5 Å². The Hall–Kier alpha value is -2.42. The third-order valence-corrected chi connectivity index (χ3v) is 5.17. The summed E-state index contributed by atoms with van der Waals surface area (Å²) in [6.07, 6.45) is 4.33. The summed E-state index contributed by atoms with van der Waals surface area (Å²) in [6, 6.07) is 13.4. The highest BCUT2D eigenvalue weighted by atomic mass is 16.5. The molecule has 3 nitrogen and oxygen atoms in total. The minimum Gasteiger partial charge on any atom is -0.493 e. The molecule has 0 bridgehead atoms. The van der Waals surface area contributed by atoms with Crippen LogP contribution in [0.15, 0.2) is 42.6 Å². The third kappa shape index (κ3) is 3.57. The van der Waals surface area contributed by atoms with Crippen molar-refractivity contribution in [1.29, 1.82) is 0 Å². The van der Waals surface area contributed by atoms with Crippen LogP contribution in [-0.2, 0) is 12.0 Å². The van der Waals surface area contributed by atoms with Crippen LogP contribution in [0.3, 0.4) is 0 Å². The highest BCUT2D eigenvalue weighted by Crippen LogP contribution is 2.38. The van der Waals surface area contributed by atoms with Gasteiger partial charge in [-0.2, -0.15) is 0 Å². The van der Waals surface area contributed by atoms with E-state index in [1.807, 2.05) is 0 Å². The van der Waals surface area contributed by atoms with E-state index in [1.165, 1.54) is 22.3 Å². The van der Waals surface area contributed by atoms with Crippen molar-refractivity contribution >= 4 is 6.08 Å². The summed E-state index contributed by atoms with van der Waals surface area (Å²) in [5.74, 6) is 1.55. The van der Waals surface area contributed by atoms with Crippen LogP contribution in [0.4, 0.5) is 0 Å². The second-order valence-corrected chi connectivity index (χ2v) is 7.95. The average Bonchev–Trinajstić information content (AvgIpc) is 2.63. The van der Waals surface area contributed by atoms with Gasteiger partial charge in [-0.05, 0) is 52.8 Å². The molecule has 1 unspecified atom stereocenters. The number of hydrogen-bond acceptors (Lipinski definition) is 3. The number of fused-ring (bicyclic) bond motifs is 1. The Morgan fingerprint density at radius 2 is 1.58 bits per heavy atom. The SMILES string of the molecule is COc1cc2c(cc1OC)C(C)N(Cc1ccc(C(C)(C)C)cc1)C=C2. The largest absolute Gasteiger partial charge is 0.493 e. The molecule has 1 atom stereocenters. The lowest BCUT2D eigenvalue weighted by molar-refractivity contribution is 0.285. The minimum atomic E-state index is 0.186. The Kier molecular flexibility index (Phi) is 4.99. The van der Waals surface area contributed by atoms with Crippen LogP contribution >= 0.6 is 0 Å². The van der Waals surface area contributed by atoms with Crippen LogP contribution in [0.5, 0.6) is 11.5 Å². The molecular formula is C23H29NO2. The number of benzene rings is 2. The summed E-state index contributed by atoms with van der Waals surface area (Å²) in [7, 11) is 3.36. The van der Waals surface area contributed by atoms with Crippen molar-refractivity contribution in [2.24, 2.45) is 0 Å².